The van der Waals surface area contributed by atoms with Gasteiger partial charge in [0.05, 0.1) is 13.2 Å². The van der Waals surface area contributed by atoms with Gasteiger partial charge in [-0.3, -0.25) is 9.69 Å². The first kappa shape index (κ1) is 29.2. The second kappa shape index (κ2) is 15.9. The molecule has 31 heavy (non-hydrogen) atoms. The largest absolute Gasteiger partial charge is 0.464 e. The highest BCUT2D eigenvalue weighted by molar-refractivity contribution is 5.89. The molecule has 0 fully saturated rings. The Labute approximate surface area is 188 Å². The Bertz CT molecular complexity index is 538. The standard InChI is InChI=1S/C23H44N2O6/c1-9-10-11-12-13-14-30-22(27)20(18(4)5)24(6)21(26)19(17(2)3)25(7)23(28)31-16-15-29-8/h17-20H,9-16H2,1-8H3. The molecule has 0 aromatic heterocycles. The Kier molecular flexibility index (Phi) is 15.0. The second-order valence-corrected chi connectivity index (χ2v) is 8.63. The maximum atomic E-state index is 13.3. The lowest BCUT2D eigenvalue weighted by Gasteiger charge is -2.36. The number of rotatable bonds is 15. The Morgan fingerprint density at radius 1 is 0.742 bits per heavy atom. The number of likely N-dealkylation sites (N-methyl/N-ethyl adjacent to an activating group) is 2. The van der Waals surface area contributed by atoms with Crippen LogP contribution in [0.15, 0.2) is 0 Å². The minimum atomic E-state index is -0.761. The van der Waals surface area contributed by atoms with Crippen LogP contribution in [0.5, 0.6) is 0 Å². The van der Waals surface area contributed by atoms with Crippen LogP contribution in [-0.4, -0.2) is 80.9 Å². The smallest absolute Gasteiger partial charge is 0.410 e. The van der Waals surface area contributed by atoms with E-state index in [0.29, 0.717) is 6.61 Å². The summed E-state index contributed by atoms with van der Waals surface area (Å²) >= 11 is 0. The molecule has 0 spiro atoms. The fraction of sp³-hybridized carbons (Fsp3) is 0.870. The van der Waals surface area contributed by atoms with Crippen LogP contribution in [0, 0.1) is 11.8 Å². The summed E-state index contributed by atoms with van der Waals surface area (Å²) in [4.78, 5) is 41.1. The summed E-state index contributed by atoms with van der Waals surface area (Å²) in [6, 6.07) is -1.48. The molecule has 8 heteroatoms. The lowest BCUT2D eigenvalue weighted by Crippen LogP contribution is -2.56. The predicted octanol–water partition coefficient (Wildman–Crippen LogP) is 3.72. The molecule has 8 nitrogen and oxygen atoms in total. The SMILES string of the molecule is CCCCCCCOC(=O)C(C(C)C)N(C)C(=O)C(C(C)C)N(C)C(=O)OCCOC. The number of amides is 2. The number of hydrogen-bond acceptors (Lipinski definition) is 6. The summed E-state index contributed by atoms with van der Waals surface area (Å²) in [5, 5.41) is 0. The van der Waals surface area contributed by atoms with Crippen molar-refractivity contribution in [1.82, 2.24) is 9.80 Å². The maximum Gasteiger partial charge on any atom is 0.410 e. The van der Waals surface area contributed by atoms with E-state index >= 15 is 0 Å². The van der Waals surface area contributed by atoms with Crippen molar-refractivity contribution in [1.29, 1.82) is 0 Å². The zero-order valence-electron chi connectivity index (χ0n) is 20.8. The average molecular weight is 445 g/mol. The molecule has 0 heterocycles. The number of carbonyl (C=O) groups is 3. The molecule has 2 atom stereocenters. The average Bonchev–Trinajstić information content (AvgIpc) is 2.70. The van der Waals surface area contributed by atoms with Crippen LogP contribution in [0.3, 0.4) is 0 Å². The number of ether oxygens (including phenoxy) is 3. The van der Waals surface area contributed by atoms with Crippen molar-refractivity contribution in [2.24, 2.45) is 11.8 Å². The number of methoxy groups -OCH3 is 1. The monoisotopic (exact) mass is 444 g/mol. The number of hydrogen-bond donors (Lipinski definition) is 0. The van der Waals surface area contributed by atoms with Crippen molar-refractivity contribution < 1.29 is 28.6 Å². The van der Waals surface area contributed by atoms with Crippen LogP contribution >= 0.6 is 0 Å². The summed E-state index contributed by atoms with van der Waals surface area (Å²) in [5.74, 6) is -1.03. The second-order valence-electron chi connectivity index (χ2n) is 8.63. The van der Waals surface area contributed by atoms with Crippen molar-refractivity contribution in [2.45, 2.75) is 78.8 Å². The summed E-state index contributed by atoms with van der Waals surface area (Å²) < 4.78 is 15.5. The van der Waals surface area contributed by atoms with E-state index in [1.165, 1.54) is 30.4 Å². The number of nitrogens with zero attached hydrogens (tertiary/aromatic N) is 2. The van der Waals surface area contributed by atoms with E-state index in [9.17, 15) is 14.4 Å². The zero-order valence-corrected chi connectivity index (χ0v) is 20.8. The summed E-state index contributed by atoms with van der Waals surface area (Å²) in [6.07, 6.45) is 4.70. The number of carbonyl (C=O) groups excluding carboxylic acids is 3. The Morgan fingerprint density at radius 2 is 1.32 bits per heavy atom. The number of unbranched alkanes of at least 4 members (excludes halogenated alkanes) is 4. The van der Waals surface area contributed by atoms with Crippen molar-refractivity contribution >= 4 is 18.0 Å². The molecule has 0 aromatic rings. The zero-order chi connectivity index (χ0) is 24.0. The van der Waals surface area contributed by atoms with Gasteiger partial charge in [0, 0.05) is 21.2 Å². The van der Waals surface area contributed by atoms with E-state index in [-0.39, 0.29) is 31.0 Å². The first-order valence-electron chi connectivity index (χ1n) is 11.4. The molecule has 0 aliphatic carbocycles. The van der Waals surface area contributed by atoms with Gasteiger partial charge in [-0.2, -0.15) is 0 Å². The Morgan fingerprint density at radius 3 is 1.84 bits per heavy atom. The van der Waals surface area contributed by atoms with Gasteiger partial charge in [-0.1, -0.05) is 60.3 Å². The summed E-state index contributed by atoms with van der Waals surface area (Å²) in [7, 11) is 4.64. The van der Waals surface area contributed by atoms with Gasteiger partial charge < -0.3 is 19.1 Å². The van der Waals surface area contributed by atoms with Gasteiger partial charge in [0.15, 0.2) is 0 Å². The van der Waals surface area contributed by atoms with Crippen molar-refractivity contribution in [3.8, 4) is 0 Å². The van der Waals surface area contributed by atoms with E-state index < -0.39 is 24.1 Å². The molecular weight excluding hydrogens is 400 g/mol. The molecule has 0 saturated carbocycles. The first-order chi connectivity index (χ1) is 14.6. The molecule has 0 rings (SSSR count). The highest BCUT2D eigenvalue weighted by Crippen LogP contribution is 2.19. The molecule has 0 saturated heterocycles. The van der Waals surface area contributed by atoms with E-state index in [0.717, 1.165) is 25.7 Å². The van der Waals surface area contributed by atoms with E-state index in [1.807, 2.05) is 27.7 Å². The van der Waals surface area contributed by atoms with E-state index in [2.05, 4.69) is 6.92 Å². The fourth-order valence-corrected chi connectivity index (χ4v) is 3.51. The number of esters is 1. The molecular formula is C23H44N2O6. The third-order valence-electron chi connectivity index (χ3n) is 5.23. The predicted molar refractivity (Wildman–Crippen MR) is 121 cm³/mol. The van der Waals surface area contributed by atoms with Gasteiger partial charge >= 0.3 is 12.1 Å². The van der Waals surface area contributed by atoms with Gasteiger partial charge in [-0.05, 0) is 18.3 Å². The van der Waals surface area contributed by atoms with Gasteiger partial charge in [0.2, 0.25) is 5.91 Å². The van der Waals surface area contributed by atoms with Crippen molar-refractivity contribution in [3.05, 3.63) is 0 Å². The molecule has 182 valence electrons. The van der Waals surface area contributed by atoms with Crippen LogP contribution in [-0.2, 0) is 23.8 Å². The molecule has 0 aliphatic heterocycles. The van der Waals surface area contributed by atoms with Crippen LogP contribution in [0.25, 0.3) is 0 Å². The molecule has 0 aliphatic rings. The van der Waals surface area contributed by atoms with Crippen molar-refractivity contribution in [3.63, 3.8) is 0 Å². The van der Waals surface area contributed by atoms with Gasteiger partial charge in [0.25, 0.3) is 0 Å². The minimum absolute atomic E-state index is 0.105. The molecule has 0 radical (unpaired) electrons. The van der Waals surface area contributed by atoms with Crippen LogP contribution < -0.4 is 0 Å². The quantitative estimate of drug-likeness (QED) is 0.283. The van der Waals surface area contributed by atoms with Crippen LogP contribution in [0.2, 0.25) is 0 Å². The van der Waals surface area contributed by atoms with Crippen molar-refractivity contribution in [2.75, 3.05) is 41.0 Å². The van der Waals surface area contributed by atoms with Gasteiger partial charge in [-0.25, -0.2) is 9.59 Å². The third kappa shape index (κ3) is 10.4. The lowest BCUT2D eigenvalue weighted by atomic mass is 9.98. The third-order valence-corrected chi connectivity index (χ3v) is 5.23. The molecule has 2 amide bonds. The van der Waals surface area contributed by atoms with Crippen LogP contribution in [0.4, 0.5) is 4.79 Å². The van der Waals surface area contributed by atoms with E-state index in [1.54, 1.807) is 7.05 Å². The molecule has 2 unspecified atom stereocenters. The normalized spacial score (nSPS) is 13.1. The molecule has 0 N–H and O–H groups in total. The first-order valence-corrected chi connectivity index (χ1v) is 11.4. The summed E-state index contributed by atoms with van der Waals surface area (Å²) in [5.41, 5.74) is 0. The van der Waals surface area contributed by atoms with Gasteiger partial charge in [0.1, 0.15) is 18.7 Å². The molecule has 0 bridgehead atoms. The lowest BCUT2D eigenvalue weighted by molar-refractivity contribution is -0.158. The topological polar surface area (TPSA) is 85.4 Å². The Hall–Kier alpha value is -1.83. The minimum Gasteiger partial charge on any atom is -0.464 e. The highest BCUT2D eigenvalue weighted by atomic mass is 16.6. The van der Waals surface area contributed by atoms with Gasteiger partial charge in [-0.15, -0.1) is 0 Å². The fourth-order valence-electron chi connectivity index (χ4n) is 3.51. The molecule has 0 aromatic carbocycles. The maximum absolute atomic E-state index is 13.3. The Balaban J connectivity index is 5.14. The van der Waals surface area contributed by atoms with E-state index in [4.69, 9.17) is 14.2 Å². The summed E-state index contributed by atoms with van der Waals surface area (Å²) in [6.45, 7) is 10.4. The van der Waals surface area contributed by atoms with Crippen LogP contribution in [0.1, 0.15) is 66.7 Å². The highest BCUT2D eigenvalue weighted by Gasteiger charge is 2.38.